The number of hydrogen-bond acceptors (Lipinski definition) is 2. The highest BCUT2D eigenvalue weighted by Crippen LogP contribution is 2.17. The number of methoxy groups -OCH3 is 1. The second kappa shape index (κ2) is 7.70. The van der Waals surface area contributed by atoms with Gasteiger partial charge in [-0.05, 0) is 18.6 Å². The summed E-state index contributed by atoms with van der Waals surface area (Å²) < 4.78 is 40.0. The third-order valence-electron chi connectivity index (χ3n) is 1.50. The summed E-state index contributed by atoms with van der Waals surface area (Å²) in [5, 5.41) is 5.50. The molecule has 0 bridgehead atoms. The van der Waals surface area contributed by atoms with E-state index < -0.39 is 12.6 Å². The fourth-order valence-electron chi connectivity index (χ4n) is 0.799. The Balaban J connectivity index is 3.34. The van der Waals surface area contributed by atoms with Gasteiger partial charge in [0.2, 0.25) is 0 Å². The molecule has 0 aromatic carbocycles. The Kier molecular flexibility index (Phi) is 7.41. The van der Waals surface area contributed by atoms with Crippen molar-refractivity contribution in [3.8, 4) is 0 Å². The van der Waals surface area contributed by atoms with Crippen molar-refractivity contribution in [3.05, 3.63) is 0 Å². The molecule has 0 atom stereocenters. The minimum Gasteiger partial charge on any atom is -0.385 e. The van der Waals surface area contributed by atoms with Gasteiger partial charge in [-0.2, -0.15) is 13.2 Å². The van der Waals surface area contributed by atoms with Crippen LogP contribution in [0.15, 0.2) is 0 Å². The van der Waals surface area contributed by atoms with Crippen LogP contribution in [-0.2, 0) is 4.74 Å². The molecule has 0 unspecified atom stereocenters. The first-order chi connectivity index (χ1) is 6.95. The van der Waals surface area contributed by atoms with E-state index in [-0.39, 0.29) is 11.7 Å². The van der Waals surface area contributed by atoms with Gasteiger partial charge < -0.3 is 15.4 Å². The van der Waals surface area contributed by atoms with Gasteiger partial charge in [0, 0.05) is 26.8 Å². The molecule has 7 heteroatoms. The lowest BCUT2D eigenvalue weighted by Crippen LogP contribution is -2.37. The predicted molar refractivity (Wildman–Crippen MR) is 55.8 cm³/mol. The van der Waals surface area contributed by atoms with E-state index in [4.69, 9.17) is 17.0 Å². The molecule has 0 aliphatic carbocycles. The first-order valence-corrected chi connectivity index (χ1v) is 4.94. The molecule has 0 aromatic rings. The zero-order valence-corrected chi connectivity index (χ0v) is 9.30. The van der Waals surface area contributed by atoms with Crippen molar-refractivity contribution in [1.82, 2.24) is 10.6 Å². The van der Waals surface area contributed by atoms with Crippen LogP contribution in [0.4, 0.5) is 13.2 Å². The average molecular weight is 244 g/mol. The van der Waals surface area contributed by atoms with Crippen LogP contribution in [0.1, 0.15) is 12.8 Å². The zero-order valence-electron chi connectivity index (χ0n) is 8.49. The fraction of sp³-hybridized carbons (Fsp3) is 0.875. The van der Waals surface area contributed by atoms with Gasteiger partial charge in [0.15, 0.2) is 5.11 Å². The van der Waals surface area contributed by atoms with Gasteiger partial charge in [-0.15, -0.1) is 0 Å². The van der Waals surface area contributed by atoms with E-state index in [0.29, 0.717) is 13.2 Å². The standard InChI is InChI=1S/C8H15F3N2OS/c1-14-6-2-4-12-7(15)13-5-3-8(9,10)11/h2-6H2,1H3,(H2,12,13,15). The van der Waals surface area contributed by atoms with Crippen LogP contribution in [0.25, 0.3) is 0 Å². The largest absolute Gasteiger partial charge is 0.390 e. The van der Waals surface area contributed by atoms with E-state index in [2.05, 4.69) is 10.6 Å². The molecule has 0 saturated heterocycles. The molecule has 0 aliphatic heterocycles. The molecule has 2 N–H and O–H groups in total. The van der Waals surface area contributed by atoms with Gasteiger partial charge in [-0.3, -0.25) is 0 Å². The van der Waals surface area contributed by atoms with Crippen molar-refractivity contribution in [2.24, 2.45) is 0 Å². The minimum absolute atomic E-state index is 0.195. The molecule has 0 radical (unpaired) electrons. The summed E-state index contributed by atoms with van der Waals surface area (Å²) in [5.74, 6) is 0. The highest BCUT2D eigenvalue weighted by Gasteiger charge is 2.26. The lowest BCUT2D eigenvalue weighted by atomic mass is 10.4. The highest BCUT2D eigenvalue weighted by molar-refractivity contribution is 7.80. The second-order valence-electron chi connectivity index (χ2n) is 2.89. The van der Waals surface area contributed by atoms with Gasteiger partial charge in [0.25, 0.3) is 0 Å². The monoisotopic (exact) mass is 244 g/mol. The number of rotatable bonds is 6. The Morgan fingerprint density at radius 1 is 1.27 bits per heavy atom. The van der Waals surface area contributed by atoms with Gasteiger partial charge in [0.1, 0.15) is 0 Å². The molecule has 0 spiro atoms. The molecule has 0 fully saturated rings. The Labute approximate surface area is 92.4 Å². The molecule has 3 nitrogen and oxygen atoms in total. The number of alkyl halides is 3. The van der Waals surface area contributed by atoms with Crippen molar-refractivity contribution in [1.29, 1.82) is 0 Å². The van der Waals surface area contributed by atoms with Crippen molar-refractivity contribution in [2.75, 3.05) is 26.8 Å². The summed E-state index contributed by atoms with van der Waals surface area (Å²) in [6.07, 6.45) is -4.26. The van der Waals surface area contributed by atoms with Gasteiger partial charge >= 0.3 is 6.18 Å². The maximum atomic E-state index is 11.7. The molecular weight excluding hydrogens is 229 g/mol. The van der Waals surface area contributed by atoms with Crippen LogP contribution in [0.2, 0.25) is 0 Å². The third-order valence-corrected chi connectivity index (χ3v) is 1.79. The lowest BCUT2D eigenvalue weighted by molar-refractivity contribution is -0.132. The number of nitrogens with one attached hydrogen (secondary N) is 2. The molecule has 0 amide bonds. The van der Waals surface area contributed by atoms with E-state index in [1.165, 1.54) is 0 Å². The topological polar surface area (TPSA) is 33.3 Å². The lowest BCUT2D eigenvalue weighted by Gasteiger charge is -2.11. The first kappa shape index (κ1) is 14.4. The summed E-state index contributed by atoms with van der Waals surface area (Å²) in [6, 6.07) is 0. The Morgan fingerprint density at radius 3 is 2.40 bits per heavy atom. The van der Waals surface area contributed by atoms with Crippen molar-refractivity contribution in [2.45, 2.75) is 19.0 Å². The van der Waals surface area contributed by atoms with Crippen LogP contribution in [0.3, 0.4) is 0 Å². The number of thiocarbonyl (C=S) groups is 1. The van der Waals surface area contributed by atoms with Crippen LogP contribution >= 0.6 is 12.2 Å². The Bertz CT molecular complexity index is 187. The van der Waals surface area contributed by atoms with Crippen LogP contribution in [-0.4, -0.2) is 38.1 Å². The summed E-state index contributed by atoms with van der Waals surface area (Å²) in [5.41, 5.74) is 0. The predicted octanol–water partition coefficient (Wildman–Crippen LogP) is 1.44. The van der Waals surface area contributed by atoms with Crippen molar-refractivity contribution in [3.63, 3.8) is 0 Å². The second-order valence-corrected chi connectivity index (χ2v) is 3.30. The van der Waals surface area contributed by atoms with E-state index in [1.54, 1.807) is 7.11 Å². The number of halogens is 3. The maximum Gasteiger partial charge on any atom is 0.390 e. The highest BCUT2D eigenvalue weighted by atomic mass is 32.1. The van der Waals surface area contributed by atoms with E-state index in [9.17, 15) is 13.2 Å². The number of ether oxygens (including phenoxy) is 1. The molecule has 0 aromatic heterocycles. The van der Waals surface area contributed by atoms with Gasteiger partial charge in [0.05, 0.1) is 6.42 Å². The normalized spacial score (nSPS) is 11.2. The average Bonchev–Trinajstić information content (AvgIpc) is 2.10. The summed E-state index contributed by atoms with van der Waals surface area (Å²) in [7, 11) is 1.58. The van der Waals surface area contributed by atoms with Crippen LogP contribution in [0.5, 0.6) is 0 Å². The zero-order chi connectivity index (χ0) is 11.7. The molecule has 0 heterocycles. The van der Waals surface area contributed by atoms with Crippen LogP contribution < -0.4 is 10.6 Å². The van der Waals surface area contributed by atoms with Gasteiger partial charge in [-0.1, -0.05) is 0 Å². The SMILES string of the molecule is COCCCNC(=S)NCCC(F)(F)F. The van der Waals surface area contributed by atoms with E-state index in [1.807, 2.05) is 0 Å². The molecular formula is C8H15F3N2OS. The van der Waals surface area contributed by atoms with Crippen molar-refractivity contribution >= 4 is 17.3 Å². The first-order valence-electron chi connectivity index (χ1n) is 4.53. The molecule has 15 heavy (non-hydrogen) atoms. The molecule has 0 saturated carbocycles. The third kappa shape index (κ3) is 11.4. The molecule has 0 rings (SSSR count). The quantitative estimate of drug-likeness (QED) is 0.547. The Morgan fingerprint density at radius 2 is 1.87 bits per heavy atom. The number of hydrogen-bond donors (Lipinski definition) is 2. The smallest absolute Gasteiger partial charge is 0.385 e. The van der Waals surface area contributed by atoms with Crippen molar-refractivity contribution < 1.29 is 17.9 Å². The Hall–Kier alpha value is -0.560. The minimum atomic E-state index is -4.14. The summed E-state index contributed by atoms with van der Waals surface area (Å²) in [6.45, 7) is 0.990. The van der Waals surface area contributed by atoms with Crippen LogP contribution in [0, 0.1) is 0 Å². The van der Waals surface area contributed by atoms with E-state index >= 15 is 0 Å². The molecule has 90 valence electrons. The fourth-order valence-corrected chi connectivity index (χ4v) is 1.00. The maximum absolute atomic E-state index is 11.7. The van der Waals surface area contributed by atoms with E-state index in [0.717, 1.165) is 6.42 Å². The summed E-state index contributed by atoms with van der Waals surface area (Å²) >= 11 is 4.76. The molecule has 0 aliphatic rings. The van der Waals surface area contributed by atoms with Gasteiger partial charge in [-0.25, -0.2) is 0 Å². The summed E-state index contributed by atoms with van der Waals surface area (Å²) in [4.78, 5) is 0.